The third kappa shape index (κ3) is 2.35. The van der Waals surface area contributed by atoms with Gasteiger partial charge in [-0.15, -0.1) is 0 Å². The minimum Gasteiger partial charge on any atom is -0.481 e. The van der Waals surface area contributed by atoms with Crippen LogP contribution in [0.1, 0.15) is 38.1 Å². The van der Waals surface area contributed by atoms with E-state index in [1.807, 2.05) is 0 Å². The molecule has 0 radical (unpaired) electrons. The van der Waals surface area contributed by atoms with Gasteiger partial charge in [0.1, 0.15) is 6.17 Å². The number of alkyl halides is 1. The molecule has 0 aromatic heterocycles. The maximum Gasteiger partial charge on any atom is 0.313 e. The molecular weight excluding hydrogens is 195 g/mol. The summed E-state index contributed by atoms with van der Waals surface area (Å²) in [6, 6.07) is 6.59. The van der Waals surface area contributed by atoms with Crippen LogP contribution in [0.3, 0.4) is 0 Å². The number of carboxylic acids is 1. The van der Waals surface area contributed by atoms with Crippen molar-refractivity contribution in [2.75, 3.05) is 0 Å². The lowest BCUT2D eigenvalue weighted by Gasteiger charge is -2.19. The lowest BCUT2D eigenvalue weighted by molar-refractivity contribution is -0.142. The van der Waals surface area contributed by atoms with Crippen molar-refractivity contribution in [2.24, 2.45) is 0 Å². The Morgan fingerprint density at radius 1 is 1.33 bits per heavy atom. The fourth-order valence-electron chi connectivity index (χ4n) is 1.29. The van der Waals surface area contributed by atoms with Crippen LogP contribution in [0.5, 0.6) is 0 Å². The molecule has 1 atom stereocenters. The molecule has 0 aliphatic carbocycles. The smallest absolute Gasteiger partial charge is 0.313 e. The molecule has 0 aliphatic heterocycles. The lowest BCUT2D eigenvalue weighted by atomic mass is 9.84. The van der Waals surface area contributed by atoms with Gasteiger partial charge in [-0.3, -0.25) is 4.79 Å². The topological polar surface area (TPSA) is 37.3 Å². The van der Waals surface area contributed by atoms with E-state index in [9.17, 15) is 9.18 Å². The fourth-order valence-corrected chi connectivity index (χ4v) is 1.29. The molecule has 0 aliphatic rings. The minimum atomic E-state index is -1.02. The van der Waals surface area contributed by atoms with E-state index in [0.717, 1.165) is 0 Å². The molecule has 1 N–H and O–H groups in total. The maximum atomic E-state index is 12.9. The highest BCUT2D eigenvalue weighted by Gasteiger charge is 2.29. The summed E-state index contributed by atoms with van der Waals surface area (Å²) in [5.41, 5.74) is 0.317. The van der Waals surface area contributed by atoms with Crippen molar-refractivity contribution in [1.29, 1.82) is 0 Å². The largest absolute Gasteiger partial charge is 0.481 e. The Morgan fingerprint density at radius 3 is 2.13 bits per heavy atom. The second-order valence-electron chi connectivity index (χ2n) is 4.17. The molecular formula is C12H15FO2. The predicted molar refractivity (Wildman–Crippen MR) is 56.6 cm³/mol. The van der Waals surface area contributed by atoms with Crippen molar-refractivity contribution in [3.8, 4) is 0 Å². The first-order valence-electron chi connectivity index (χ1n) is 4.83. The Bertz CT molecular complexity index is 352. The quantitative estimate of drug-likeness (QED) is 0.832. The van der Waals surface area contributed by atoms with Gasteiger partial charge in [0.05, 0.1) is 5.41 Å². The first-order chi connectivity index (χ1) is 6.85. The third-order valence-corrected chi connectivity index (χ3v) is 2.63. The summed E-state index contributed by atoms with van der Waals surface area (Å²) in [7, 11) is 0. The molecule has 2 nitrogen and oxygen atoms in total. The van der Waals surface area contributed by atoms with Crippen LogP contribution in [-0.4, -0.2) is 11.1 Å². The van der Waals surface area contributed by atoms with E-state index in [2.05, 4.69) is 0 Å². The SMILES string of the molecule is CC(F)c1ccc(C(C)(C)C(=O)O)cc1. The monoisotopic (exact) mass is 210 g/mol. The Kier molecular flexibility index (Phi) is 3.12. The average molecular weight is 210 g/mol. The van der Waals surface area contributed by atoms with E-state index in [1.165, 1.54) is 6.92 Å². The first kappa shape index (κ1) is 11.7. The zero-order valence-electron chi connectivity index (χ0n) is 9.12. The minimum absolute atomic E-state index is 0.569. The van der Waals surface area contributed by atoms with Crippen molar-refractivity contribution in [3.63, 3.8) is 0 Å². The van der Waals surface area contributed by atoms with E-state index in [1.54, 1.807) is 38.1 Å². The Balaban J connectivity index is 3.04. The van der Waals surface area contributed by atoms with Crippen LogP contribution in [-0.2, 0) is 10.2 Å². The van der Waals surface area contributed by atoms with Gasteiger partial charge in [-0.2, -0.15) is 0 Å². The molecule has 3 heteroatoms. The molecule has 1 aromatic rings. The first-order valence-corrected chi connectivity index (χ1v) is 4.83. The van der Waals surface area contributed by atoms with Crippen molar-refractivity contribution >= 4 is 5.97 Å². The highest BCUT2D eigenvalue weighted by Crippen LogP contribution is 2.25. The maximum absolute atomic E-state index is 12.9. The third-order valence-electron chi connectivity index (χ3n) is 2.63. The molecule has 0 heterocycles. The van der Waals surface area contributed by atoms with E-state index in [0.29, 0.717) is 11.1 Å². The van der Waals surface area contributed by atoms with Crippen LogP contribution in [0, 0.1) is 0 Å². The van der Waals surface area contributed by atoms with Gasteiger partial charge in [0.25, 0.3) is 0 Å². The summed E-state index contributed by atoms with van der Waals surface area (Å²) in [5.74, 6) is -0.886. The number of rotatable bonds is 3. The van der Waals surface area contributed by atoms with Gasteiger partial charge in [-0.1, -0.05) is 24.3 Å². The van der Waals surface area contributed by atoms with E-state index in [4.69, 9.17) is 5.11 Å². The molecule has 0 bridgehead atoms. The molecule has 0 saturated carbocycles. The number of hydrogen-bond acceptors (Lipinski definition) is 1. The number of halogens is 1. The highest BCUT2D eigenvalue weighted by molar-refractivity contribution is 5.80. The molecule has 82 valence electrons. The van der Waals surface area contributed by atoms with Gasteiger partial charge >= 0.3 is 5.97 Å². The van der Waals surface area contributed by atoms with Crippen LogP contribution < -0.4 is 0 Å². The van der Waals surface area contributed by atoms with Crippen LogP contribution >= 0.6 is 0 Å². The van der Waals surface area contributed by atoms with Crippen molar-refractivity contribution in [3.05, 3.63) is 35.4 Å². The van der Waals surface area contributed by atoms with Gasteiger partial charge in [0.2, 0.25) is 0 Å². The van der Waals surface area contributed by atoms with Crippen LogP contribution in [0.2, 0.25) is 0 Å². The average Bonchev–Trinajstić information content (AvgIpc) is 2.17. The summed E-state index contributed by atoms with van der Waals surface area (Å²) in [6.45, 7) is 4.71. The van der Waals surface area contributed by atoms with Gasteiger partial charge in [0, 0.05) is 0 Å². The van der Waals surface area contributed by atoms with Crippen molar-refractivity contribution < 1.29 is 14.3 Å². The molecule has 15 heavy (non-hydrogen) atoms. The summed E-state index contributed by atoms with van der Waals surface area (Å²) in [4.78, 5) is 11.0. The molecule has 0 fully saturated rings. The number of hydrogen-bond donors (Lipinski definition) is 1. The summed E-state index contributed by atoms with van der Waals surface area (Å²) in [5, 5.41) is 9.00. The Morgan fingerprint density at radius 2 is 1.80 bits per heavy atom. The molecule has 0 spiro atoms. The van der Waals surface area contributed by atoms with E-state index in [-0.39, 0.29) is 0 Å². The molecule has 0 amide bonds. The standard InChI is InChI=1S/C12H15FO2/c1-8(13)9-4-6-10(7-5-9)12(2,3)11(14)15/h4-8H,1-3H3,(H,14,15). The normalized spacial score (nSPS) is 13.6. The predicted octanol–water partition coefficient (Wildman–Crippen LogP) is 3.08. The highest BCUT2D eigenvalue weighted by atomic mass is 19.1. The van der Waals surface area contributed by atoms with Gasteiger partial charge in [-0.05, 0) is 31.9 Å². The number of benzene rings is 1. The van der Waals surface area contributed by atoms with Gasteiger partial charge < -0.3 is 5.11 Å². The van der Waals surface area contributed by atoms with Crippen LogP contribution in [0.4, 0.5) is 4.39 Å². The number of carboxylic acid groups (broad SMARTS) is 1. The molecule has 1 aromatic carbocycles. The molecule has 0 saturated heterocycles. The second-order valence-corrected chi connectivity index (χ2v) is 4.17. The van der Waals surface area contributed by atoms with E-state index < -0.39 is 17.6 Å². The Labute approximate surface area is 88.7 Å². The summed E-state index contributed by atoms with van der Waals surface area (Å²) >= 11 is 0. The van der Waals surface area contributed by atoms with Crippen molar-refractivity contribution in [2.45, 2.75) is 32.4 Å². The van der Waals surface area contributed by atoms with Crippen LogP contribution in [0.25, 0.3) is 0 Å². The van der Waals surface area contributed by atoms with Crippen molar-refractivity contribution in [1.82, 2.24) is 0 Å². The molecule has 1 rings (SSSR count). The fraction of sp³-hybridized carbons (Fsp3) is 0.417. The van der Waals surface area contributed by atoms with Gasteiger partial charge in [-0.25, -0.2) is 4.39 Å². The lowest BCUT2D eigenvalue weighted by Crippen LogP contribution is -2.28. The summed E-state index contributed by atoms with van der Waals surface area (Å²) in [6.07, 6.45) is -1.02. The zero-order chi connectivity index (χ0) is 11.6. The Hall–Kier alpha value is -1.38. The van der Waals surface area contributed by atoms with E-state index >= 15 is 0 Å². The number of aliphatic carboxylic acids is 1. The second kappa shape index (κ2) is 4.01. The zero-order valence-corrected chi connectivity index (χ0v) is 9.12. The summed E-state index contributed by atoms with van der Waals surface area (Å²) < 4.78 is 12.9. The van der Waals surface area contributed by atoms with Gasteiger partial charge in [0.15, 0.2) is 0 Å². The van der Waals surface area contributed by atoms with Crippen LogP contribution in [0.15, 0.2) is 24.3 Å². The number of carbonyl (C=O) groups is 1. The molecule has 1 unspecified atom stereocenters.